The molecule has 138 valence electrons. The lowest BCUT2D eigenvalue weighted by Gasteiger charge is -2.32. The van der Waals surface area contributed by atoms with Crippen molar-refractivity contribution in [3.63, 3.8) is 0 Å². The minimum atomic E-state index is -0.116. The first-order chi connectivity index (χ1) is 12.6. The number of anilines is 1. The van der Waals surface area contributed by atoms with Crippen LogP contribution < -0.4 is 5.32 Å². The van der Waals surface area contributed by atoms with E-state index in [0.717, 1.165) is 51.9 Å². The average Bonchev–Trinajstić information content (AvgIpc) is 3.16. The highest BCUT2D eigenvalue weighted by Gasteiger charge is 2.30. The normalized spacial score (nSPS) is 18.5. The maximum Gasteiger partial charge on any atom is 0.238 e. The third-order valence-corrected chi connectivity index (χ3v) is 5.41. The van der Waals surface area contributed by atoms with Crippen molar-refractivity contribution in [1.29, 1.82) is 5.26 Å². The monoisotopic (exact) mass is 374 g/mol. The van der Waals surface area contributed by atoms with Crippen molar-refractivity contribution in [3.05, 3.63) is 28.8 Å². The first kappa shape index (κ1) is 18.7. The summed E-state index contributed by atoms with van der Waals surface area (Å²) in [6, 6.07) is 6.83. The number of carbonyl (C=O) groups excluding carboxylic acids is 2. The molecule has 2 aliphatic rings. The van der Waals surface area contributed by atoms with E-state index in [1.54, 1.807) is 18.2 Å². The summed E-state index contributed by atoms with van der Waals surface area (Å²) in [7, 11) is 0. The van der Waals surface area contributed by atoms with Crippen LogP contribution in [0.25, 0.3) is 0 Å². The second-order valence-corrected chi connectivity index (χ2v) is 7.34. The molecule has 1 aromatic rings. The third-order valence-electron chi connectivity index (χ3n) is 5.10. The molecule has 2 saturated heterocycles. The zero-order chi connectivity index (χ0) is 18.5. The molecule has 7 heteroatoms. The highest BCUT2D eigenvalue weighted by Crippen LogP contribution is 2.23. The van der Waals surface area contributed by atoms with Gasteiger partial charge in [-0.2, -0.15) is 5.26 Å². The molecular formula is C19H23ClN4O2. The Morgan fingerprint density at radius 3 is 2.50 bits per heavy atom. The molecule has 0 unspecified atom stereocenters. The Morgan fingerprint density at radius 1 is 1.19 bits per heavy atom. The molecule has 0 spiro atoms. The molecule has 1 N–H and O–H groups in total. The van der Waals surface area contributed by atoms with E-state index in [-0.39, 0.29) is 11.8 Å². The maximum absolute atomic E-state index is 12.4. The average molecular weight is 375 g/mol. The lowest BCUT2D eigenvalue weighted by molar-refractivity contribution is -0.136. The van der Waals surface area contributed by atoms with Gasteiger partial charge in [-0.25, -0.2) is 0 Å². The number of nitrogens with one attached hydrogen (secondary N) is 1. The largest absolute Gasteiger partial charge is 0.342 e. The molecule has 0 saturated carbocycles. The standard InChI is InChI=1S/C19H23ClN4O2/c20-17-11-16(4-3-15(17)12-21)22-18(25)13-23-9-5-14(6-10-23)19(26)24-7-1-2-8-24/h3-4,11,14H,1-2,5-10,13H2,(H,22,25). The van der Waals surface area contributed by atoms with Crippen molar-refractivity contribution in [1.82, 2.24) is 9.80 Å². The Hall–Kier alpha value is -2.10. The first-order valence-electron chi connectivity index (χ1n) is 9.07. The number of halogens is 1. The molecule has 0 radical (unpaired) electrons. The SMILES string of the molecule is N#Cc1ccc(NC(=O)CN2CCC(C(=O)N3CCCC3)CC2)cc1Cl. The van der Waals surface area contributed by atoms with Crippen molar-refractivity contribution < 1.29 is 9.59 Å². The topological polar surface area (TPSA) is 76.4 Å². The Bertz CT molecular complexity index is 717. The number of rotatable bonds is 4. The summed E-state index contributed by atoms with van der Waals surface area (Å²) in [6.45, 7) is 3.60. The van der Waals surface area contributed by atoms with Gasteiger partial charge in [0.2, 0.25) is 11.8 Å². The molecule has 2 fully saturated rings. The van der Waals surface area contributed by atoms with Crippen molar-refractivity contribution >= 4 is 29.1 Å². The fraction of sp³-hybridized carbons (Fsp3) is 0.526. The highest BCUT2D eigenvalue weighted by atomic mass is 35.5. The number of carbonyl (C=O) groups is 2. The molecule has 0 aromatic heterocycles. The number of nitriles is 1. The van der Waals surface area contributed by atoms with Crippen molar-refractivity contribution in [2.24, 2.45) is 5.92 Å². The Balaban J connectivity index is 1.45. The second-order valence-electron chi connectivity index (χ2n) is 6.94. The molecular weight excluding hydrogens is 352 g/mol. The summed E-state index contributed by atoms with van der Waals surface area (Å²) in [4.78, 5) is 28.7. The van der Waals surface area contributed by atoms with E-state index >= 15 is 0 Å². The van der Waals surface area contributed by atoms with Gasteiger partial charge in [0.05, 0.1) is 17.1 Å². The molecule has 1 aromatic carbocycles. The third kappa shape index (κ3) is 4.54. The molecule has 2 heterocycles. The number of amides is 2. The Kier molecular flexibility index (Phi) is 6.12. The molecule has 0 aliphatic carbocycles. The summed E-state index contributed by atoms with van der Waals surface area (Å²) in [6.07, 6.45) is 3.85. The molecule has 3 rings (SSSR count). The van der Waals surface area contributed by atoms with Crippen LogP contribution in [0.1, 0.15) is 31.2 Å². The summed E-state index contributed by atoms with van der Waals surface area (Å²) < 4.78 is 0. The molecule has 0 atom stereocenters. The van der Waals surface area contributed by atoms with E-state index in [4.69, 9.17) is 16.9 Å². The predicted octanol–water partition coefficient (Wildman–Crippen LogP) is 2.48. The molecule has 6 nitrogen and oxygen atoms in total. The van der Waals surface area contributed by atoms with Gasteiger partial charge in [0.15, 0.2) is 0 Å². The van der Waals surface area contributed by atoms with E-state index < -0.39 is 0 Å². The predicted molar refractivity (Wildman–Crippen MR) is 99.8 cm³/mol. The van der Waals surface area contributed by atoms with Gasteiger partial charge in [0, 0.05) is 24.7 Å². The summed E-state index contributed by atoms with van der Waals surface area (Å²) in [5, 5.41) is 12.0. The fourth-order valence-corrected chi connectivity index (χ4v) is 3.84. The fourth-order valence-electron chi connectivity index (χ4n) is 3.62. The van der Waals surface area contributed by atoms with E-state index in [0.29, 0.717) is 28.7 Å². The van der Waals surface area contributed by atoms with Crippen LogP contribution >= 0.6 is 11.6 Å². The van der Waals surface area contributed by atoms with E-state index in [9.17, 15) is 9.59 Å². The van der Waals surface area contributed by atoms with Crippen molar-refractivity contribution in [2.75, 3.05) is 38.0 Å². The molecule has 2 amide bonds. The van der Waals surface area contributed by atoms with Crippen LogP contribution in [0.4, 0.5) is 5.69 Å². The van der Waals surface area contributed by atoms with Crippen molar-refractivity contribution in [3.8, 4) is 6.07 Å². The lowest BCUT2D eigenvalue weighted by Crippen LogP contribution is -2.43. The Morgan fingerprint density at radius 2 is 1.88 bits per heavy atom. The quantitative estimate of drug-likeness (QED) is 0.878. The number of benzene rings is 1. The van der Waals surface area contributed by atoms with E-state index in [1.165, 1.54) is 0 Å². The lowest BCUT2D eigenvalue weighted by atomic mass is 9.95. The highest BCUT2D eigenvalue weighted by molar-refractivity contribution is 6.32. The van der Waals surface area contributed by atoms with Crippen LogP contribution in [0.3, 0.4) is 0 Å². The number of piperidine rings is 1. The van der Waals surface area contributed by atoms with Crippen LogP contribution in [0, 0.1) is 17.2 Å². The van der Waals surface area contributed by atoms with Gasteiger partial charge >= 0.3 is 0 Å². The van der Waals surface area contributed by atoms with E-state index in [2.05, 4.69) is 10.2 Å². The second kappa shape index (κ2) is 8.52. The van der Waals surface area contributed by atoms with Crippen LogP contribution in [-0.4, -0.2) is 54.3 Å². The summed E-state index contributed by atoms with van der Waals surface area (Å²) in [5.74, 6) is 0.277. The van der Waals surface area contributed by atoms with E-state index in [1.807, 2.05) is 11.0 Å². The molecule has 0 bridgehead atoms. The number of nitrogens with zero attached hydrogens (tertiary/aromatic N) is 3. The zero-order valence-electron chi connectivity index (χ0n) is 14.7. The van der Waals surface area contributed by atoms with Crippen molar-refractivity contribution in [2.45, 2.75) is 25.7 Å². The summed E-state index contributed by atoms with van der Waals surface area (Å²) in [5.41, 5.74) is 0.965. The molecule has 2 aliphatic heterocycles. The van der Waals surface area contributed by atoms with Crippen LogP contribution in [-0.2, 0) is 9.59 Å². The van der Waals surface area contributed by atoms with Gasteiger partial charge in [-0.05, 0) is 57.0 Å². The zero-order valence-corrected chi connectivity index (χ0v) is 15.5. The number of hydrogen-bond acceptors (Lipinski definition) is 4. The first-order valence-corrected chi connectivity index (χ1v) is 9.45. The van der Waals surface area contributed by atoms with Gasteiger partial charge in [0.25, 0.3) is 0 Å². The van der Waals surface area contributed by atoms with Crippen LogP contribution in [0.15, 0.2) is 18.2 Å². The van der Waals surface area contributed by atoms with Gasteiger partial charge in [0.1, 0.15) is 6.07 Å². The Labute approximate surface area is 158 Å². The van der Waals surface area contributed by atoms with Crippen LogP contribution in [0.2, 0.25) is 5.02 Å². The minimum absolute atomic E-state index is 0.102. The maximum atomic E-state index is 12.4. The number of hydrogen-bond donors (Lipinski definition) is 1. The van der Waals surface area contributed by atoms with Gasteiger partial charge in [-0.1, -0.05) is 11.6 Å². The minimum Gasteiger partial charge on any atom is -0.342 e. The summed E-state index contributed by atoms with van der Waals surface area (Å²) >= 11 is 5.98. The van der Waals surface area contributed by atoms with Gasteiger partial charge in [-0.3, -0.25) is 14.5 Å². The van der Waals surface area contributed by atoms with Gasteiger partial charge < -0.3 is 10.2 Å². The van der Waals surface area contributed by atoms with Gasteiger partial charge in [-0.15, -0.1) is 0 Å². The van der Waals surface area contributed by atoms with Crippen LogP contribution in [0.5, 0.6) is 0 Å². The number of likely N-dealkylation sites (tertiary alicyclic amines) is 2. The smallest absolute Gasteiger partial charge is 0.238 e. The molecule has 26 heavy (non-hydrogen) atoms.